The maximum Gasteiger partial charge on any atom is 0.416 e. The quantitative estimate of drug-likeness (QED) is 0.403. The summed E-state index contributed by atoms with van der Waals surface area (Å²) in [5.41, 5.74) is 0.679. The Morgan fingerprint density at radius 1 is 1.06 bits per heavy atom. The Morgan fingerprint density at radius 3 is 2.41 bits per heavy atom. The number of rotatable bonds is 5. The van der Waals surface area contributed by atoms with Gasteiger partial charge in [-0.2, -0.15) is 13.2 Å². The molecule has 3 aromatic carbocycles. The lowest BCUT2D eigenvalue weighted by atomic mass is 10.1. The number of fused-ring (bicyclic) bond motifs is 1. The van der Waals surface area contributed by atoms with E-state index in [9.17, 15) is 26.4 Å². The summed E-state index contributed by atoms with van der Waals surface area (Å²) in [7, 11) is -4.07. The van der Waals surface area contributed by atoms with E-state index in [1.807, 2.05) is 4.72 Å². The zero-order valence-corrected chi connectivity index (χ0v) is 19.2. The number of halogens is 4. The van der Waals surface area contributed by atoms with Crippen molar-refractivity contribution in [1.82, 2.24) is 14.3 Å². The summed E-state index contributed by atoms with van der Waals surface area (Å²) in [6.07, 6.45) is -4.51. The van der Waals surface area contributed by atoms with Crippen LogP contribution >= 0.6 is 11.6 Å². The molecule has 0 saturated heterocycles. The lowest BCUT2D eigenvalue weighted by molar-refractivity contribution is -0.137. The van der Waals surface area contributed by atoms with Gasteiger partial charge in [-0.3, -0.25) is 4.79 Å². The largest absolute Gasteiger partial charge is 0.416 e. The number of amides is 1. The van der Waals surface area contributed by atoms with Gasteiger partial charge in [-0.05, 0) is 55.0 Å². The van der Waals surface area contributed by atoms with Crippen LogP contribution in [0.1, 0.15) is 27.3 Å². The van der Waals surface area contributed by atoms with Gasteiger partial charge >= 0.3 is 6.18 Å². The van der Waals surface area contributed by atoms with Gasteiger partial charge in [-0.25, -0.2) is 18.1 Å². The Kier molecular flexibility index (Phi) is 6.13. The number of hydrogen-bond acceptors (Lipinski definition) is 4. The summed E-state index contributed by atoms with van der Waals surface area (Å²) in [4.78, 5) is 17.0. The molecule has 34 heavy (non-hydrogen) atoms. The van der Waals surface area contributed by atoms with Gasteiger partial charge in [0.15, 0.2) is 0 Å². The van der Waals surface area contributed by atoms with Crippen LogP contribution in [0.15, 0.2) is 71.6 Å². The normalized spacial score (nSPS) is 12.1. The molecule has 1 heterocycles. The standard InChI is InChI=1S/C23H17ClF3N3O3S/c1-14-28-20-10-8-15(22(31)29-34(32,33)18-5-3-2-4-6-18)11-21(20)30(14)13-16-7-9-17(12-19(16)24)23(25,26)27/h2-12H,13H2,1H3,(H,29,31). The van der Waals surface area contributed by atoms with Crippen LogP contribution in [0.3, 0.4) is 0 Å². The van der Waals surface area contributed by atoms with Gasteiger partial charge in [0.2, 0.25) is 0 Å². The van der Waals surface area contributed by atoms with Crippen molar-refractivity contribution in [1.29, 1.82) is 0 Å². The zero-order chi connectivity index (χ0) is 24.7. The summed E-state index contributed by atoms with van der Waals surface area (Å²) in [6.45, 7) is 1.81. The van der Waals surface area contributed by atoms with Crippen LogP contribution < -0.4 is 4.72 Å². The molecule has 0 unspecified atom stereocenters. The highest BCUT2D eigenvalue weighted by atomic mass is 35.5. The third kappa shape index (κ3) is 4.78. The number of carbonyl (C=O) groups is 1. The monoisotopic (exact) mass is 507 g/mol. The van der Waals surface area contributed by atoms with Crippen molar-refractivity contribution in [3.8, 4) is 0 Å². The van der Waals surface area contributed by atoms with Gasteiger partial charge in [0.1, 0.15) is 5.82 Å². The Balaban J connectivity index is 1.66. The lowest BCUT2D eigenvalue weighted by Crippen LogP contribution is -2.30. The first kappa shape index (κ1) is 23.8. The third-order valence-electron chi connectivity index (χ3n) is 5.19. The molecule has 0 saturated carbocycles. The summed E-state index contributed by atoms with van der Waals surface area (Å²) in [5.74, 6) is -0.288. The molecule has 176 valence electrons. The Hall–Kier alpha value is -3.37. The first-order chi connectivity index (χ1) is 16.0. The van der Waals surface area contributed by atoms with Crippen molar-refractivity contribution in [3.63, 3.8) is 0 Å². The molecule has 0 bridgehead atoms. The fraction of sp³-hybridized carbons (Fsp3) is 0.130. The first-order valence-electron chi connectivity index (χ1n) is 9.90. The smallest absolute Gasteiger partial charge is 0.324 e. The number of nitrogens with one attached hydrogen (secondary N) is 1. The predicted molar refractivity (Wildman–Crippen MR) is 121 cm³/mol. The Morgan fingerprint density at radius 2 is 1.76 bits per heavy atom. The highest BCUT2D eigenvalue weighted by Gasteiger charge is 2.31. The van der Waals surface area contributed by atoms with Gasteiger partial charge in [0.25, 0.3) is 15.9 Å². The third-order valence-corrected chi connectivity index (χ3v) is 6.89. The van der Waals surface area contributed by atoms with Gasteiger partial charge in [0.05, 0.1) is 28.0 Å². The molecule has 0 spiro atoms. The minimum absolute atomic E-state index is 0.0535. The number of hydrogen-bond donors (Lipinski definition) is 1. The van der Waals surface area contributed by atoms with E-state index in [0.717, 1.165) is 12.1 Å². The van der Waals surface area contributed by atoms with Crippen molar-refractivity contribution < 1.29 is 26.4 Å². The summed E-state index contributed by atoms with van der Waals surface area (Å²) >= 11 is 6.10. The molecule has 1 aromatic heterocycles. The number of imidazole rings is 1. The average Bonchev–Trinajstić information content (AvgIpc) is 3.09. The van der Waals surface area contributed by atoms with E-state index in [-0.39, 0.29) is 22.0 Å². The minimum Gasteiger partial charge on any atom is -0.324 e. The van der Waals surface area contributed by atoms with Crippen molar-refractivity contribution >= 4 is 38.6 Å². The molecule has 11 heteroatoms. The van der Waals surface area contributed by atoms with Crippen LogP contribution in [0.5, 0.6) is 0 Å². The zero-order valence-electron chi connectivity index (χ0n) is 17.6. The van der Waals surface area contributed by atoms with E-state index in [1.165, 1.54) is 30.3 Å². The second kappa shape index (κ2) is 8.77. The molecule has 0 atom stereocenters. The highest BCUT2D eigenvalue weighted by molar-refractivity contribution is 7.90. The highest BCUT2D eigenvalue weighted by Crippen LogP contribution is 2.32. The second-order valence-corrected chi connectivity index (χ2v) is 9.59. The molecule has 1 N–H and O–H groups in total. The molecule has 0 aliphatic heterocycles. The van der Waals surface area contributed by atoms with E-state index in [2.05, 4.69) is 4.98 Å². The second-order valence-electron chi connectivity index (χ2n) is 7.50. The average molecular weight is 508 g/mol. The molecule has 0 aliphatic rings. The predicted octanol–water partition coefficient (Wildman–Crippen LogP) is 5.18. The molecule has 4 aromatic rings. The van der Waals surface area contributed by atoms with Crippen LogP contribution in [-0.4, -0.2) is 23.9 Å². The van der Waals surface area contributed by atoms with E-state index in [4.69, 9.17) is 11.6 Å². The van der Waals surface area contributed by atoms with Crippen LogP contribution in [-0.2, 0) is 22.7 Å². The fourth-order valence-electron chi connectivity index (χ4n) is 3.45. The molecule has 1 amide bonds. The number of nitrogens with zero attached hydrogens (tertiary/aromatic N) is 2. The topological polar surface area (TPSA) is 81.1 Å². The van der Waals surface area contributed by atoms with Gasteiger partial charge in [0, 0.05) is 10.6 Å². The number of alkyl halides is 3. The van der Waals surface area contributed by atoms with E-state index < -0.39 is 27.7 Å². The molecule has 4 rings (SSSR count). The summed E-state index contributed by atoms with van der Waals surface area (Å²) < 4.78 is 67.5. The molecular formula is C23H17ClF3N3O3S. The SMILES string of the molecule is Cc1nc2ccc(C(=O)NS(=O)(=O)c3ccccc3)cc2n1Cc1ccc(C(F)(F)F)cc1Cl. The molecule has 0 aliphatic carbocycles. The van der Waals surface area contributed by atoms with Gasteiger partial charge < -0.3 is 4.57 Å². The molecule has 0 fully saturated rings. The summed E-state index contributed by atoms with van der Waals surface area (Å²) in [5, 5.41) is -0.0565. The number of sulfonamides is 1. The van der Waals surface area contributed by atoms with E-state index in [0.29, 0.717) is 22.4 Å². The number of aryl methyl sites for hydroxylation is 1. The van der Waals surface area contributed by atoms with E-state index >= 15 is 0 Å². The maximum absolute atomic E-state index is 12.9. The van der Waals surface area contributed by atoms with Crippen molar-refractivity contribution in [2.24, 2.45) is 0 Å². The molecule has 6 nitrogen and oxygen atoms in total. The first-order valence-corrected chi connectivity index (χ1v) is 11.8. The number of benzene rings is 3. The molecular weight excluding hydrogens is 491 g/mol. The minimum atomic E-state index is -4.51. The summed E-state index contributed by atoms with van der Waals surface area (Å²) in [6, 6.07) is 15.1. The Labute approximate surface area is 198 Å². The van der Waals surface area contributed by atoms with Crippen LogP contribution in [0, 0.1) is 6.92 Å². The van der Waals surface area contributed by atoms with E-state index in [1.54, 1.807) is 35.8 Å². The van der Waals surface area contributed by atoms with Crippen LogP contribution in [0.4, 0.5) is 13.2 Å². The number of aromatic nitrogens is 2. The molecule has 0 radical (unpaired) electrons. The van der Waals surface area contributed by atoms with Crippen LogP contribution in [0.2, 0.25) is 5.02 Å². The van der Waals surface area contributed by atoms with Crippen molar-refractivity contribution in [2.45, 2.75) is 24.5 Å². The van der Waals surface area contributed by atoms with Crippen molar-refractivity contribution in [2.75, 3.05) is 0 Å². The lowest BCUT2D eigenvalue weighted by Gasteiger charge is -2.12. The maximum atomic E-state index is 12.9. The van der Waals surface area contributed by atoms with Crippen LogP contribution in [0.25, 0.3) is 11.0 Å². The van der Waals surface area contributed by atoms with Crippen molar-refractivity contribution in [3.05, 3.63) is 94.3 Å². The Bertz CT molecular complexity index is 1500. The number of carbonyl (C=O) groups excluding carboxylic acids is 1. The fourth-order valence-corrected chi connectivity index (χ4v) is 4.68. The van der Waals surface area contributed by atoms with Gasteiger partial charge in [-0.15, -0.1) is 0 Å². The van der Waals surface area contributed by atoms with Gasteiger partial charge in [-0.1, -0.05) is 35.9 Å².